The predicted octanol–water partition coefficient (Wildman–Crippen LogP) is 3.66. The molecule has 0 radical (unpaired) electrons. The zero-order valence-electron chi connectivity index (χ0n) is 9.28. The van der Waals surface area contributed by atoms with Gasteiger partial charge in [0.15, 0.2) is 0 Å². The maximum absolute atomic E-state index is 11.8. The summed E-state index contributed by atoms with van der Waals surface area (Å²) in [5, 5.41) is 2.83. The number of carbonyl (C=O) groups excluding carboxylic acids is 1. The first kappa shape index (κ1) is 13.5. The van der Waals surface area contributed by atoms with Crippen LogP contribution in [0.15, 0.2) is 18.3 Å². The lowest BCUT2D eigenvalue weighted by atomic mass is 10.2. The molecule has 0 fully saturated rings. The van der Waals surface area contributed by atoms with E-state index in [0.29, 0.717) is 5.69 Å². The molecule has 1 aromatic rings. The highest BCUT2D eigenvalue weighted by Gasteiger charge is 2.18. The van der Waals surface area contributed by atoms with Crippen LogP contribution in [0.1, 0.15) is 26.5 Å². The molecule has 0 aromatic carbocycles. The zero-order chi connectivity index (χ0) is 12.2. The van der Waals surface area contributed by atoms with Gasteiger partial charge in [0.25, 0.3) is 0 Å². The number of ether oxygens (including phenoxy) is 1. The molecule has 3 nitrogen and oxygen atoms in total. The van der Waals surface area contributed by atoms with E-state index in [1.807, 2.05) is 20.8 Å². The number of aromatic nitrogens is 1. The maximum atomic E-state index is 11.8. The summed E-state index contributed by atoms with van der Waals surface area (Å²) in [6, 6.07) is 3.55. The minimum Gasteiger partial charge on any atom is -0.443 e. The van der Waals surface area contributed by atoms with Crippen LogP contribution >= 0.6 is 30.1 Å². The van der Waals surface area contributed by atoms with Crippen molar-refractivity contribution in [1.29, 1.82) is 0 Å². The van der Waals surface area contributed by atoms with Gasteiger partial charge in [-0.2, -0.15) is 0 Å². The molecule has 0 spiro atoms. The molecule has 0 saturated heterocycles. The Morgan fingerprint density at radius 1 is 1.56 bits per heavy atom. The highest BCUT2D eigenvalue weighted by Crippen LogP contribution is 2.12. The standard InChI is InChI=1S/C11H12INO2S/c1-11(2,3)15-10(14)13-7-4-5-9(13)6-8-16-12/h4-5,7H,1-3H3. The van der Waals surface area contributed by atoms with Crippen molar-refractivity contribution in [2.45, 2.75) is 26.4 Å². The predicted molar refractivity (Wildman–Crippen MR) is 74.6 cm³/mol. The Balaban J connectivity index is 2.88. The average molecular weight is 349 g/mol. The highest BCUT2D eigenvalue weighted by atomic mass is 127. The molecule has 5 heteroatoms. The van der Waals surface area contributed by atoms with Gasteiger partial charge in [-0.15, -0.1) is 0 Å². The molecule has 1 rings (SSSR count). The summed E-state index contributed by atoms with van der Waals surface area (Å²) in [4.78, 5) is 11.8. The Morgan fingerprint density at radius 3 is 2.81 bits per heavy atom. The summed E-state index contributed by atoms with van der Waals surface area (Å²) >= 11 is 2.08. The van der Waals surface area contributed by atoms with Crippen LogP contribution in [0.2, 0.25) is 0 Å². The molecule has 0 unspecified atom stereocenters. The van der Waals surface area contributed by atoms with E-state index in [9.17, 15) is 4.79 Å². The zero-order valence-corrected chi connectivity index (χ0v) is 12.3. The van der Waals surface area contributed by atoms with Crippen LogP contribution in [0, 0.1) is 11.2 Å². The van der Waals surface area contributed by atoms with E-state index in [-0.39, 0.29) is 0 Å². The minimum atomic E-state index is -0.496. The van der Waals surface area contributed by atoms with Crippen molar-refractivity contribution in [3.8, 4) is 11.2 Å². The first-order chi connectivity index (χ1) is 7.44. The molecule has 1 heterocycles. The van der Waals surface area contributed by atoms with Crippen LogP contribution in [-0.4, -0.2) is 16.3 Å². The van der Waals surface area contributed by atoms with E-state index in [1.165, 1.54) is 13.5 Å². The second-order valence-corrected chi connectivity index (χ2v) is 5.73. The Labute approximate surface area is 112 Å². The molecule has 0 N–H and O–H groups in total. The normalized spacial score (nSPS) is 10.5. The second kappa shape index (κ2) is 5.64. The van der Waals surface area contributed by atoms with E-state index in [0.717, 1.165) is 0 Å². The van der Waals surface area contributed by atoms with Gasteiger partial charge in [-0.3, -0.25) is 0 Å². The van der Waals surface area contributed by atoms with E-state index in [2.05, 4.69) is 32.4 Å². The van der Waals surface area contributed by atoms with Crippen molar-refractivity contribution >= 4 is 36.2 Å². The van der Waals surface area contributed by atoms with Gasteiger partial charge in [-0.25, -0.2) is 9.36 Å². The van der Waals surface area contributed by atoms with Crippen LogP contribution in [0.4, 0.5) is 4.79 Å². The van der Waals surface area contributed by atoms with Crippen molar-refractivity contribution < 1.29 is 9.53 Å². The fourth-order valence-corrected chi connectivity index (χ4v) is 1.50. The third-order valence-electron chi connectivity index (χ3n) is 1.56. The van der Waals surface area contributed by atoms with Crippen LogP contribution in [0.5, 0.6) is 0 Å². The molecule has 0 aliphatic rings. The maximum Gasteiger partial charge on any atom is 0.419 e. The molecule has 0 aliphatic heterocycles. The van der Waals surface area contributed by atoms with Crippen molar-refractivity contribution in [2.75, 3.05) is 0 Å². The summed E-state index contributed by atoms with van der Waals surface area (Å²) in [6.07, 6.45) is 1.25. The summed E-state index contributed by atoms with van der Waals surface area (Å²) < 4.78 is 6.66. The summed E-state index contributed by atoms with van der Waals surface area (Å²) in [6.45, 7) is 5.50. The van der Waals surface area contributed by atoms with Gasteiger partial charge >= 0.3 is 6.09 Å². The molecule has 0 atom stereocenters. The van der Waals surface area contributed by atoms with Crippen molar-refractivity contribution in [3.63, 3.8) is 0 Å². The molecule has 0 saturated carbocycles. The van der Waals surface area contributed by atoms with Gasteiger partial charge in [-0.05, 0) is 53.0 Å². The van der Waals surface area contributed by atoms with Gasteiger partial charge < -0.3 is 4.74 Å². The summed E-state index contributed by atoms with van der Waals surface area (Å²) in [5.41, 5.74) is 0.141. The van der Waals surface area contributed by atoms with Gasteiger partial charge in [0.1, 0.15) is 11.3 Å². The largest absolute Gasteiger partial charge is 0.443 e. The smallest absolute Gasteiger partial charge is 0.419 e. The molecule has 0 amide bonds. The Kier molecular flexibility index (Phi) is 4.74. The van der Waals surface area contributed by atoms with Crippen LogP contribution in [-0.2, 0) is 4.74 Å². The lowest BCUT2D eigenvalue weighted by Gasteiger charge is -2.19. The summed E-state index contributed by atoms with van der Waals surface area (Å²) in [7, 11) is 1.38. The number of halogens is 1. The molecule has 16 heavy (non-hydrogen) atoms. The Hall–Kier alpha value is -0.610. The SMILES string of the molecule is CC(C)(C)OC(=O)n1cccc1C#CSI. The molecule has 1 aromatic heterocycles. The highest BCUT2D eigenvalue weighted by molar-refractivity contribution is 14.2. The van der Waals surface area contributed by atoms with E-state index in [4.69, 9.17) is 4.74 Å². The molecular formula is C11H12INO2S. The lowest BCUT2D eigenvalue weighted by molar-refractivity contribution is 0.0536. The van der Waals surface area contributed by atoms with Gasteiger partial charge in [-0.1, -0.05) is 0 Å². The van der Waals surface area contributed by atoms with Gasteiger partial charge in [0.05, 0.1) is 0 Å². The lowest BCUT2D eigenvalue weighted by Crippen LogP contribution is -2.27. The summed E-state index contributed by atoms with van der Waals surface area (Å²) in [5.74, 6) is 2.88. The third-order valence-corrected chi connectivity index (χ3v) is 2.40. The fraction of sp³-hybridized carbons (Fsp3) is 0.364. The number of hydrogen-bond acceptors (Lipinski definition) is 3. The minimum absolute atomic E-state index is 0.403. The van der Waals surface area contributed by atoms with Crippen molar-refractivity contribution in [1.82, 2.24) is 4.57 Å². The van der Waals surface area contributed by atoms with Crippen LogP contribution in [0.25, 0.3) is 0 Å². The van der Waals surface area contributed by atoms with Gasteiger partial charge in [0, 0.05) is 27.4 Å². The van der Waals surface area contributed by atoms with E-state index >= 15 is 0 Å². The van der Waals surface area contributed by atoms with Crippen molar-refractivity contribution in [3.05, 3.63) is 24.0 Å². The van der Waals surface area contributed by atoms with Crippen LogP contribution in [0.3, 0.4) is 0 Å². The topological polar surface area (TPSA) is 31.2 Å². The number of hydrogen-bond donors (Lipinski definition) is 0. The monoisotopic (exact) mass is 349 g/mol. The number of nitrogens with zero attached hydrogens (tertiary/aromatic N) is 1. The average Bonchev–Trinajstić information content (AvgIpc) is 2.59. The van der Waals surface area contributed by atoms with Gasteiger partial charge in [0.2, 0.25) is 0 Å². The Morgan fingerprint density at radius 2 is 2.25 bits per heavy atom. The fourth-order valence-electron chi connectivity index (χ4n) is 1.02. The molecule has 86 valence electrons. The first-order valence-electron chi connectivity index (χ1n) is 4.63. The number of carbonyl (C=O) groups is 1. The quantitative estimate of drug-likeness (QED) is 0.529. The molecular weight excluding hydrogens is 337 g/mol. The molecule has 0 aliphatic carbocycles. The van der Waals surface area contributed by atoms with Crippen molar-refractivity contribution in [2.24, 2.45) is 0 Å². The first-order valence-corrected chi connectivity index (χ1v) is 7.99. The Bertz CT molecular complexity index is 437. The number of rotatable bonds is 0. The molecule has 0 bridgehead atoms. The van der Waals surface area contributed by atoms with E-state index < -0.39 is 11.7 Å². The van der Waals surface area contributed by atoms with E-state index in [1.54, 1.807) is 18.3 Å². The third kappa shape index (κ3) is 4.10. The second-order valence-electron chi connectivity index (χ2n) is 4.05. The van der Waals surface area contributed by atoms with Crippen LogP contribution < -0.4 is 0 Å².